The molecule has 40 heavy (non-hydrogen) atoms. The van der Waals surface area contributed by atoms with Crippen LogP contribution in [0.1, 0.15) is 78.7 Å². The third kappa shape index (κ3) is 12.2. The van der Waals surface area contributed by atoms with Crippen LogP contribution in [0.4, 0.5) is 17.1 Å². The largest absolute Gasteiger partial charge is 0.490 e. The van der Waals surface area contributed by atoms with Gasteiger partial charge >= 0.3 is 5.97 Å². The van der Waals surface area contributed by atoms with Crippen molar-refractivity contribution in [3.05, 3.63) is 83.9 Å². The van der Waals surface area contributed by atoms with Gasteiger partial charge in [-0.15, -0.1) is 0 Å². The normalized spacial score (nSPS) is 10.5. The fourth-order valence-electron chi connectivity index (χ4n) is 2.88. The predicted octanol–water partition coefficient (Wildman–Crippen LogP) is 9.71. The van der Waals surface area contributed by atoms with E-state index in [-0.39, 0.29) is 26.5 Å². The van der Waals surface area contributed by atoms with Crippen LogP contribution in [0.5, 0.6) is 5.75 Å². The first kappa shape index (κ1) is 34.0. The molecule has 0 aliphatic rings. The zero-order valence-electron chi connectivity index (χ0n) is 25.3. The molecule has 7 heteroatoms. The first-order valence-corrected chi connectivity index (χ1v) is 14.0. The number of amides is 1. The van der Waals surface area contributed by atoms with Crippen LogP contribution in [-0.4, -0.2) is 25.1 Å². The maximum atomic E-state index is 12.6. The quantitative estimate of drug-likeness (QED) is 0.155. The van der Waals surface area contributed by atoms with Gasteiger partial charge in [-0.2, -0.15) is 10.2 Å². The van der Waals surface area contributed by atoms with Crippen LogP contribution in [0.15, 0.2) is 83.0 Å². The first-order valence-electron chi connectivity index (χ1n) is 14.0. The van der Waals surface area contributed by atoms with E-state index in [1.54, 1.807) is 48.5 Å². The Balaban J connectivity index is 0.00000250. The van der Waals surface area contributed by atoms with Crippen molar-refractivity contribution in [3.8, 4) is 5.75 Å². The Morgan fingerprint density at radius 3 is 1.80 bits per heavy atom. The monoisotopic (exact) mass is 549 g/mol. The van der Waals surface area contributed by atoms with E-state index in [1.165, 1.54) is 12.0 Å². The second-order valence-corrected chi connectivity index (χ2v) is 9.49. The highest BCUT2D eigenvalue weighted by atomic mass is 16.6. The molecular weight excluding hydrogens is 502 g/mol. The van der Waals surface area contributed by atoms with E-state index in [0.29, 0.717) is 29.1 Å². The number of benzene rings is 3. The number of nitrogens with zero attached hydrogens (tertiary/aromatic N) is 2. The van der Waals surface area contributed by atoms with Gasteiger partial charge in [-0.1, -0.05) is 58.7 Å². The summed E-state index contributed by atoms with van der Waals surface area (Å²) in [6.07, 6.45) is 1.96. The molecule has 3 rings (SSSR count). The molecule has 0 radical (unpaired) electrons. The number of nitrogens with one attached hydrogen (secondary N) is 1. The van der Waals surface area contributed by atoms with Crippen molar-refractivity contribution in [2.75, 3.05) is 18.5 Å². The van der Waals surface area contributed by atoms with Crippen LogP contribution in [0.3, 0.4) is 0 Å². The molecule has 0 bridgehead atoms. The minimum Gasteiger partial charge on any atom is -0.490 e. The molecule has 0 spiro atoms. The number of anilines is 1. The SMILES string of the molecule is CC.CCC.CCC(C)(C)C(=O)OCCOc1ccc(C(=O)Nc2ccc(N=Nc3ccc(C)cc3)cc2)cc1.[HH]. The fourth-order valence-corrected chi connectivity index (χ4v) is 2.88. The molecule has 218 valence electrons. The molecule has 0 atom stereocenters. The van der Waals surface area contributed by atoms with Crippen molar-refractivity contribution < 1.29 is 20.5 Å². The number of azo groups is 1. The second kappa shape index (κ2) is 18.3. The van der Waals surface area contributed by atoms with E-state index in [2.05, 4.69) is 29.4 Å². The molecule has 0 saturated heterocycles. The van der Waals surface area contributed by atoms with Gasteiger partial charge in [0.25, 0.3) is 5.91 Å². The van der Waals surface area contributed by atoms with Crippen LogP contribution in [0, 0.1) is 12.3 Å². The molecular formula is C33H47N3O4. The minimum absolute atomic E-state index is 0. The molecule has 1 amide bonds. The lowest BCUT2D eigenvalue weighted by Gasteiger charge is -2.20. The van der Waals surface area contributed by atoms with Gasteiger partial charge in [0.05, 0.1) is 16.8 Å². The van der Waals surface area contributed by atoms with Crippen molar-refractivity contribution in [3.63, 3.8) is 0 Å². The summed E-state index contributed by atoms with van der Waals surface area (Å²) in [5.41, 5.74) is 3.29. The summed E-state index contributed by atoms with van der Waals surface area (Å²) in [5.74, 6) is 0.120. The molecule has 0 aliphatic heterocycles. The van der Waals surface area contributed by atoms with E-state index < -0.39 is 5.41 Å². The van der Waals surface area contributed by atoms with Crippen LogP contribution >= 0.6 is 0 Å². The third-order valence-corrected chi connectivity index (χ3v) is 5.58. The Kier molecular flexibility index (Phi) is 15.6. The van der Waals surface area contributed by atoms with Gasteiger partial charge in [-0.05, 0) is 87.9 Å². The summed E-state index contributed by atoms with van der Waals surface area (Å²) >= 11 is 0. The average molecular weight is 550 g/mol. The number of carbonyl (C=O) groups is 2. The number of hydrogen-bond acceptors (Lipinski definition) is 6. The highest BCUT2D eigenvalue weighted by molar-refractivity contribution is 6.04. The van der Waals surface area contributed by atoms with Crippen molar-refractivity contribution in [2.45, 2.75) is 68.2 Å². The first-order chi connectivity index (χ1) is 19.2. The van der Waals surface area contributed by atoms with E-state index >= 15 is 0 Å². The Labute approximate surface area is 241 Å². The Morgan fingerprint density at radius 1 is 0.800 bits per heavy atom. The number of aryl methyl sites for hydroxylation is 1. The lowest BCUT2D eigenvalue weighted by Crippen LogP contribution is -2.27. The molecule has 0 heterocycles. The van der Waals surface area contributed by atoms with Gasteiger partial charge in [0, 0.05) is 12.7 Å². The molecule has 0 aromatic heterocycles. The molecule has 0 unspecified atom stereocenters. The number of ether oxygens (including phenoxy) is 2. The smallest absolute Gasteiger partial charge is 0.311 e. The van der Waals surface area contributed by atoms with Crippen molar-refractivity contribution in [1.29, 1.82) is 0 Å². The van der Waals surface area contributed by atoms with E-state index in [0.717, 1.165) is 5.69 Å². The maximum absolute atomic E-state index is 12.6. The average Bonchev–Trinajstić information content (AvgIpc) is 2.97. The standard InChI is InChI=1S/C28H31N3O4.C3H8.C2H6.H2/c1-5-28(3,4)27(33)35-19-18-34-25-16-8-21(9-17-25)26(32)29-22-12-14-24(15-13-22)31-30-23-10-6-20(2)7-11-23;1-3-2;1-2;/h6-17H,5,18-19H2,1-4H3,(H,29,32);3H2,1-2H3;1-2H3;1H. The van der Waals surface area contributed by atoms with Gasteiger partial charge in [-0.25, -0.2) is 0 Å². The fraction of sp³-hybridized carbons (Fsp3) is 0.394. The zero-order chi connectivity index (χ0) is 30.0. The molecule has 3 aromatic carbocycles. The van der Waals surface area contributed by atoms with Crippen LogP contribution < -0.4 is 10.1 Å². The Bertz CT molecular complexity index is 1180. The molecule has 0 saturated carbocycles. The van der Waals surface area contributed by atoms with Crippen LogP contribution in [0.2, 0.25) is 0 Å². The summed E-state index contributed by atoms with van der Waals surface area (Å²) in [6.45, 7) is 16.3. The lowest BCUT2D eigenvalue weighted by atomic mass is 9.91. The summed E-state index contributed by atoms with van der Waals surface area (Å²) < 4.78 is 10.9. The molecule has 1 N–H and O–H groups in total. The van der Waals surface area contributed by atoms with Gasteiger partial charge in [-0.3, -0.25) is 9.59 Å². The van der Waals surface area contributed by atoms with Crippen molar-refractivity contribution >= 4 is 28.9 Å². The van der Waals surface area contributed by atoms with Crippen LogP contribution in [-0.2, 0) is 9.53 Å². The maximum Gasteiger partial charge on any atom is 0.311 e. The third-order valence-electron chi connectivity index (χ3n) is 5.58. The topological polar surface area (TPSA) is 89.3 Å². The lowest BCUT2D eigenvalue weighted by molar-refractivity contribution is -0.154. The molecule has 3 aromatic rings. The highest BCUT2D eigenvalue weighted by Crippen LogP contribution is 2.22. The minimum atomic E-state index is -0.499. The van der Waals surface area contributed by atoms with Gasteiger partial charge in [0.2, 0.25) is 0 Å². The highest BCUT2D eigenvalue weighted by Gasteiger charge is 2.26. The summed E-state index contributed by atoms with van der Waals surface area (Å²) in [7, 11) is 0. The zero-order valence-corrected chi connectivity index (χ0v) is 25.3. The van der Waals surface area contributed by atoms with Gasteiger partial charge < -0.3 is 14.8 Å². The van der Waals surface area contributed by atoms with Crippen molar-refractivity contribution in [1.82, 2.24) is 0 Å². The van der Waals surface area contributed by atoms with Gasteiger partial charge in [0.15, 0.2) is 0 Å². The van der Waals surface area contributed by atoms with E-state index in [4.69, 9.17) is 9.47 Å². The van der Waals surface area contributed by atoms with Crippen molar-refractivity contribution in [2.24, 2.45) is 15.6 Å². The number of hydrogen-bond donors (Lipinski definition) is 1. The number of rotatable bonds is 10. The molecule has 0 aliphatic carbocycles. The van der Waals surface area contributed by atoms with Crippen LogP contribution in [0.25, 0.3) is 0 Å². The summed E-state index contributed by atoms with van der Waals surface area (Å²) in [6, 6.07) is 21.7. The van der Waals surface area contributed by atoms with Gasteiger partial charge in [0.1, 0.15) is 19.0 Å². The summed E-state index contributed by atoms with van der Waals surface area (Å²) in [5, 5.41) is 11.3. The molecule has 7 nitrogen and oxygen atoms in total. The number of carbonyl (C=O) groups excluding carboxylic acids is 2. The Morgan fingerprint density at radius 2 is 1.30 bits per heavy atom. The van der Waals surface area contributed by atoms with E-state index in [9.17, 15) is 9.59 Å². The molecule has 0 fully saturated rings. The summed E-state index contributed by atoms with van der Waals surface area (Å²) in [4.78, 5) is 24.5. The van der Waals surface area contributed by atoms with E-state index in [1.807, 2.05) is 65.8 Å². The predicted molar refractivity (Wildman–Crippen MR) is 166 cm³/mol. The Hall–Kier alpha value is -4.00. The second-order valence-electron chi connectivity index (χ2n) is 9.49. The number of esters is 1.